The number of esters is 1. The van der Waals surface area contributed by atoms with Gasteiger partial charge in [0.1, 0.15) is 6.61 Å². The van der Waals surface area contributed by atoms with Crippen LogP contribution in [0.1, 0.15) is 16.2 Å². The van der Waals surface area contributed by atoms with E-state index in [0.717, 1.165) is 5.56 Å². The quantitative estimate of drug-likeness (QED) is 0.661. The molecule has 2 aromatic rings. The maximum atomic E-state index is 11.7. The zero-order valence-electron chi connectivity index (χ0n) is 9.21. The van der Waals surface area contributed by atoms with Crippen molar-refractivity contribution >= 4 is 34.5 Å². The monoisotopic (exact) mass is 356 g/mol. The van der Waals surface area contributed by atoms with Gasteiger partial charge in [-0.05, 0) is 5.56 Å². The SMILES string of the molecule is Nc1nc(I)nc(C(=O)OCc2ccccc2)n1. The molecule has 0 aliphatic heterocycles. The molecule has 0 bridgehead atoms. The Labute approximate surface area is 117 Å². The zero-order chi connectivity index (χ0) is 13.0. The first-order valence-corrected chi connectivity index (χ1v) is 6.11. The average Bonchev–Trinajstić information content (AvgIpc) is 2.36. The number of aromatic nitrogens is 3. The molecule has 92 valence electrons. The second kappa shape index (κ2) is 5.71. The molecule has 7 heteroatoms. The lowest BCUT2D eigenvalue weighted by Crippen LogP contribution is -2.13. The van der Waals surface area contributed by atoms with Crippen molar-refractivity contribution in [2.75, 3.05) is 5.73 Å². The first kappa shape index (κ1) is 12.7. The lowest BCUT2D eigenvalue weighted by Gasteiger charge is -2.04. The summed E-state index contributed by atoms with van der Waals surface area (Å²) in [5.41, 5.74) is 6.32. The molecule has 2 N–H and O–H groups in total. The van der Waals surface area contributed by atoms with Crippen LogP contribution in [-0.2, 0) is 11.3 Å². The summed E-state index contributed by atoms with van der Waals surface area (Å²) in [6, 6.07) is 9.35. The van der Waals surface area contributed by atoms with Gasteiger partial charge in [-0.3, -0.25) is 0 Å². The highest BCUT2D eigenvalue weighted by atomic mass is 127. The third-order valence-electron chi connectivity index (χ3n) is 2.02. The number of nitrogens with zero attached hydrogens (tertiary/aromatic N) is 3. The number of halogens is 1. The zero-order valence-corrected chi connectivity index (χ0v) is 11.4. The van der Waals surface area contributed by atoms with Crippen molar-refractivity contribution in [2.24, 2.45) is 0 Å². The Balaban J connectivity index is 2.04. The lowest BCUT2D eigenvalue weighted by atomic mass is 10.2. The van der Waals surface area contributed by atoms with Gasteiger partial charge in [-0.15, -0.1) is 0 Å². The van der Waals surface area contributed by atoms with Gasteiger partial charge in [0.25, 0.3) is 0 Å². The van der Waals surface area contributed by atoms with E-state index in [1.54, 1.807) is 0 Å². The van der Waals surface area contributed by atoms with Gasteiger partial charge in [-0.2, -0.15) is 15.0 Å². The molecule has 0 atom stereocenters. The van der Waals surface area contributed by atoms with E-state index in [1.165, 1.54) is 0 Å². The van der Waals surface area contributed by atoms with E-state index < -0.39 is 5.97 Å². The smallest absolute Gasteiger partial charge is 0.376 e. The maximum absolute atomic E-state index is 11.7. The van der Waals surface area contributed by atoms with Crippen molar-refractivity contribution in [3.8, 4) is 0 Å². The predicted octanol–water partition coefficient (Wildman–Crippen LogP) is 1.42. The van der Waals surface area contributed by atoms with Gasteiger partial charge >= 0.3 is 5.97 Å². The summed E-state index contributed by atoms with van der Waals surface area (Å²) < 4.78 is 5.43. The van der Waals surface area contributed by atoms with E-state index >= 15 is 0 Å². The van der Waals surface area contributed by atoms with Crippen molar-refractivity contribution in [1.29, 1.82) is 0 Å². The summed E-state index contributed by atoms with van der Waals surface area (Å²) in [4.78, 5) is 23.0. The number of carbonyl (C=O) groups is 1. The van der Waals surface area contributed by atoms with Gasteiger partial charge in [-0.1, -0.05) is 30.3 Å². The van der Waals surface area contributed by atoms with E-state index in [9.17, 15) is 4.79 Å². The van der Waals surface area contributed by atoms with E-state index in [4.69, 9.17) is 10.5 Å². The number of ether oxygens (including phenoxy) is 1. The van der Waals surface area contributed by atoms with Crippen LogP contribution in [0.25, 0.3) is 0 Å². The summed E-state index contributed by atoms with van der Waals surface area (Å²) in [6.07, 6.45) is 0. The average molecular weight is 356 g/mol. The number of anilines is 1. The Morgan fingerprint density at radius 3 is 2.61 bits per heavy atom. The van der Waals surface area contributed by atoms with Crippen LogP contribution in [0, 0.1) is 3.83 Å². The molecule has 1 aromatic heterocycles. The minimum absolute atomic E-state index is 0.000983. The standard InChI is InChI=1S/C11H9IN4O2/c12-10-14-8(15-11(13)16-10)9(17)18-6-7-4-2-1-3-5-7/h1-5H,6H2,(H2,13,14,15,16). The molecule has 0 radical (unpaired) electrons. The van der Waals surface area contributed by atoms with Gasteiger partial charge < -0.3 is 10.5 Å². The minimum atomic E-state index is -0.620. The molecule has 1 aromatic carbocycles. The number of hydrogen-bond donors (Lipinski definition) is 1. The fourth-order valence-electron chi connectivity index (χ4n) is 1.24. The third kappa shape index (κ3) is 3.36. The van der Waals surface area contributed by atoms with Crippen LogP contribution >= 0.6 is 22.6 Å². The Morgan fingerprint density at radius 1 is 1.22 bits per heavy atom. The van der Waals surface area contributed by atoms with Gasteiger partial charge in [0.15, 0.2) is 3.83 Å². The maximum Gasteiger partial charge on any atom is 0.376 e. The molecule has 0 saturated carbocycles. The second-order valence-corrected chi connectivity index (χ2v) is 4.31. The van der Waals surface area contributed by atoms with E-state index in [2.05, 4.69) is 15.0 Å². The van der Waals surface area contributed by atoms with Crippen LogP contribution in [-0.4, -0.2) is 20.9 Å². The van der Waals surface area contributed by atoms with E-state index in [0.29, 0.717) is 3.83 Å². The van der Waals surface area contributed by atoms with Gasteiger partial charge in [0.2, 0.25) is 11.8 Å². The Kier molecular flexibility index (Phi) is 4.03. The number of nitrogen functional groups attached to an aromatic ring is 1. The van der Waals surface area contributed by atoms with Crippen LogP contribution in [0.4, 0.5) is 5.95 Å². The molecule has 0 aliphatic rings. The summed E-state index contributed by atoms with van der Waals surface area (Å²) >= 11 is 1.85. The molecule has 0 fully saturated rings. The fourth-order valence-corrected chi connectivity index (χ4v) is 1.72. The van der Waals surface area contributed by atoms with Crippen LogP contribution in [0.3, 0.4) is 0 Å². The van der Waals surface area contributed by atoms with Crippen molar-refractivity contribution in [2.45, 2.75) is 6.61 Å². The Hall–Kier alpha value is -1.77. The first-order valence-electron chi connectivity index (χ1n) is 5.03. The number of rotatable bonds is 3. The van der Waals surface area contributed by atoms with Crippen LogP contribution < -0.4 is 5.73 Å². The minimum Gasteiger partial charge on any atom is -0.455 e. The van der Waals surface area contributed by atoms with Gasteiger partial charge in [0, 0.05) is 22.6 Å². The Morgan fingerprint density at radius 2 is 1.94 bits per heavy atom. The molecule has 1 heterocycles. The van der Waals surface area contributed by atoms with Crippen molar-refractivity contribution in [3.05, 3.63) is 45.6 Å². The van der Waals surface area contributed by atoms with Crippen LogP contribution in [0.5, 0.6) is 0 Å². The molecule has 2 rings (SSSR count). The molecular weight excluding hydrogens is 347 g/mol. The molecule has 0 spiro atoms. The van der Waals surface area contributed by atoms with Crippen molar-refractivity contribution < 1.29 is 9.53 Å². The normalized spacial score (nSPS) is 10.1. The molecular formula is C11H9IN4O2. The molecule has 18 heavy (non-hydrogen) atoms. The second-order valence-electron chi connectivity index (χ2n) is 3.35. The highest BCUT2D eigenvalue weighted by Gasteiger charge is 2.13. The number of hydrogen-bond acceptors (Lipinski definition) is 6. The molecule has 0 aliphatic carbocycles. The highest BCUT2D eigenvalue weighted by Crippen LogP contribution is 2.05. The van der Waals surface area contributed by atoms with E-state index in [-0.39, 0.29) is 18.4 Å². The van der Waals surface area contributed by atoms with E-state index in [1.807, 2.05) is 52.9 Å². The molecule has 0 unspecified atom stereocenters. The van der Waals surface area contributed by atoms with Gasteiger partial charge in [0.05, 0.1) is 0 Å². The lowest BCUT2D eigenvalue weighted by molar-refractivity contribution is 0.0457. The summed E-state index contributed by atoms with van der Waals surface area (Å²) in [6.45, 7) is 0.168. The number of carbonyl (C=O) groups excluding carboxylic acids is 1. The predicted molar refractivity (Wildman–Crippen MR) is 72.5 cm³/mol. The van der Waals surface area contributed by atoms with Crippen LogP contribution in [0.2, 0.25) is 0 Å². The van der Waals surface area contributed by atoms with Crippen molar-refractivity contribution in [1.82, 2.24) is 15.0 Å². The Bertz CT molecular complexity index is 542. The molecule has 6 nitrogen and oxygen atoms in total. The largest absolute Gasteiger partial charge is 0.455 e. The molecule has 0 saturated heterocycles. The summed E-state index contributed by atoms with van der Waals surface area (Å²) in [7, 11) is 0. The highest BCUT2D eigenvalue weighted by molar-refractivity contribution is 14.1. The topological polar surface area (TPSA) is 91.0 Å². The van der Waals surface area contributed by atoms with Crippen molar-refractivity contribution in [3.63, 3.8) is 0 Å². The third-order valence-corrected chi connectivity index (χ3v) is 2.50. The van der Waals surface area contributed by atoms with Crippen LogP contribution in [0.15, 0.2) is 30.3 Å². The molecule has 0 amide bonds. The van der Waals surface area contributed by atoms with Gasteiger partial charge in [-0.25, -0.2) is 4.79 Å². The fraction of sp³-hybridized carbons (Fsp3) is 0.0909. The summed E-state index contributed by atoms with van der Waals surface area (Å²) in [5, 5.41) is 0. The number of nitrogens with two attached hydrogens (primary N) is 1. The summed E-state index contributed by atoms with van der Waals surface area (Å²) in [5.74, 6) is -0.699. The number of benzene rings is 1. The first-order chi connectivity index (χ1) is 8.65.